The number of aliphatic hydroxyl groups is 1. The Bertz CT molecular complexity index is 563. The van der Waals surface area contributed by atoms with Crippen LogP contribution in [0.4, 0.5) is 16.5 Å². The summed E-state index contributed by atoms with van der Waals surface area (Å²) in [4.78, 5) is 11.6. The number of hydrogen-bond donors (Lipinski definition) is 3. The van der Waals surface area contributed by atoms with Crippen molar-refractivity contribution in [2.45, 2.75) is 20.0 Å². The van der Waals surface area contributed by atoms with E-state index in [0.717, 1.165) is 5.56 Å². The third-order valence-electron chi connectivity index (χ3n) is 2.40. The zero-order chi connectivity index (χ0) is 13.8. The van der Waals surface area contributed by atoms with Gasteiger partial charge in [0.25, 0.3) is 0 Å². The van der Waals surface area contributed by atoms with Crippen LogP contribution >= 0.6 is 0 Å². The van der Waals surface area contributed by atoms with Crippen molar-refractivity contribution < 1.29 is 14.3 Å². The number of aliphatic hydroxyl groups excluding tert-OH is 1. The van der Waals surface area contributed by atoms with Gasteiger partial charge in [0.15, 0.2) is 0 Å². The second-order valence-electron chi connectivity index (χ2n) is 4.00. The first-order valence-electron chi connectivity index (χ1n) is 5.71. The predicted molar refractivity (Wildman–Crippen MR) is 68.8 cm³/mol. The molecule has 2 amide bonds. The molecule has 0 radical (unpaired) electrons. The van der Waals surface area contributed by atoms with E-state index in [2.05, 4.69) is 20.8 Å². The SMILES string of the molecule is Cc1nnc(NC(=O)Nc2ccc(C(C)O)cc2)o1. The highest BCUT2D eigenvalue weighted by Crippen LogP contribution is 2.15. The Hall–Kier alpha value is -2.41. The number of hydrogen-bond acceptors (Lipinski definition) is 5. The van der Waals surface area contributed by atoms with Crippen molar-refractivity contribution in [3.05, 3.63) is 35.7 Å². The normalized spacial score (nSPS) is 11.9. The van der Waals surface area contributed by atoms with E-state index in [1.54, 1.807) is 38.1 Å². The van der Waals surface area contributed by atoms with Crippen LogP contribution < -0.4 is 10.6 Å². The minimum atomic E-state index is -0.538. The minimum absolute atomic E-state index is 0.0376. The topological polar surface area (TPSA) is 100 Å². The van der Waals surface area contributed by atoms with E-state index < -0.39 is 12.1 Å². The highest BCUT2D eigenvalue weighted by atomic mass is 16.4. The fourth-order valence-electron chi connectivity index (χ4n) is 1.45. The lowest BCUT2D eigenvalue weighted by Gasteiger charge is -2.07. The summed E-state index contributed by atoms with van der Waals surface area (Å²) in [6.07, 6.45) is -0.538. The number of amides is 2. The predicted octanol–water partition coefficient (Wildman–Crippen LogP) is 2.08. The summed E-state index contributed by atoms with van der Waals surface area (Å²) < 4.78 is 5.02. The van der Waals surface area contributed by atoms with Crippen LogP contribution in [0.3, 0.4) is 0 Å². The third-order valence-corrected chi connectivity index (χ3v) is 2.40. The molecule has 1 unspecified atom stereocenters. The van der Waals surface area contributed by atoms with Crippen molar-refractivity contribution in [3.63, 3.8) is 0 Å². The molecule has 7 nitrogen and oxygen atoms in total. The maximum absolute atomic E-state index is 11.6. The Morgan fingerprint density at radius 1 is 1.26 bits per heavy atom. The van der Waals surface area contributed by atoms with E-state index in [1.807, 2.05) is 0 Å². The number of nitrogens with one attached hydrogen (secondary N) is 2. The summed E-state index contributed by atoms with van der Waals surface area (Å²) in [5, 5.41) is 21.6. The van der Waals surface area contributed by atoms with Crippen LogP contribution in [-0.2, 0) is 0 Å². The van der Waals surface area contributed by atoms with E-state index in [-0.39, 0.29) is 6.01 Å². The fraction of sp³-hybridized carbons (Fsp3) is 0.250. The molecule has 0 aliphatic heterocycles. The molecule has 0 spiro atoms. The Labute approximate surface area is 109 Å². The van der Waals surface area contributed by atoms with Gasteiger partial charge in [0.05, 0.1) is 6.10 Å². The molecule has 2 aromatic rings. The molecule has 0 bridgehead atoms. The summed E-state index contributed by atoms with van der Waals surface area (Å²) >= 11 is 0. The largest absolute Gasteiger partial charge is 0.408 e. The van der Waals surface area contributed by atoms with Crippen molar-refractivity contribution in [2.75, 3.05) is 10.6 Å². The average molecular weight is 262 g/mol. The van der Waals surface area contributed by atoms with Gasteiger partial charge in [-0.1, -0.05) is 17.2 Å². The van der Waals surface area contributed by atoms with Gasteiger partial charge in [0.1, 0.15) is 0 Å². The molecule has 100 valence electrons. The summed E-state index contributed by atoms with van der Waals surface area (Å²) in [5.74, 6) is 0.372. The van der Waals surface area contributed by atoms with Crippen LogP contribution in [-0.4, -0.2) is 21.3 Å². The molecule has 0 aliphatic rings. The number of nitrogens with zero attached hydrogens (tertiary/aromatic N) is 2. The Morgan fingerprint density at radius 3 is 2.47 bits per heavy atom. The molecular weight excluding hydrogens is 248 g/mol. The monoisotopic (exact) mass is 262 g/mol. The van der Waals surface area contributed by atoms with Gasteiger partial charge in [-0.15, -0.1) is 5.10 Å². The zero-order valence-electron chi connectivity index (χ0n) is 10.5. The molecule has 1 atom stereocenters. The molecule has 0 saturated heterocycles. The van der Waals surface area contributed by atoms with Gasteiger partial charge in [-0.25, -0.2) is 4.79 Å². The molecule has 3 N–H and O–H groups in total. The van der Waals surface area contributed by atoms with Crippen molar-refractivity contribution in [3.8, 4) is 0 Å². The van der Waals surface area contributed by atoms with Crippen LogP contribution in [0.5, 0.6) is 0 Å². The lowest BCUT2D eigenvalue weighted by Crippen LogP contribution is -2.19. The van der Waals surface area contributed by atoms with Gasteiger partial charge < -0.3 is 14.8 Å². The number of aryl methyl sites for hydroxylation is 1. The molecule has 1 heterocycles. The summed E-state index contributed by atoms with van der Waals surface area (Å²) in [5.41, 5.74) is 1.37. The number of aromatic nitrogens is 2. The van der Waals surface area contributed by atoms with Gasteiger partial charge in [-0.05, 0) is 24.6 Å². The Morgan fingerprint density at radius 2 is 1.95 bits per heavy atom. The average Bonchev–Trinajstić information content (AvgIpc) is 2.75. The molecule has 0 fully saturated rings. The van der Waals surface area contributed by atoms with Gasteiger partial charge in [-0.2, -0.15) is 0 Å². The number of benzene rings is 1. The molecule has 2 rings (SSSR count). The molecule has 0 saturated carbocycles. The second kappa shape index (κ2) is 5.49. The first kappa shape index (κ1) is 13.0. The van der Waals surface area contributed by atoms with E-state index >= 15 is 0 Å². The lowest BCUT2D eigenvalue weighted by atomic mass is 10.1. The van der Waals surface area contributed by atoms with Gasteiger partial charge >= 0.3 is 12.0 Å². The molecule has 1 aromatic carbocycles. The minimum Gasteiger partial charge on any atom is -0.408 e. The molecule has 19 heavy (non-hydrogen) atoms. The van der Waals surface area contributed by atoms with Crippen LogP contribution in [0.1, 0.15) is 24.5 Å². The maximum atomic E-state index is 11.6. The summed E-state index contributed by atoms with van der Waals surface area (Å²) in [6.45, 7) is 3.30. The quantitative estimate of drug-likeness (QED) is 0.786. The van der Waals surface area contributed by atoms with Crippen LogP contribution in [0.15, 0.2) is 28.7 Å². The number of carbonyl (C=O) groups is 1. The van der Waals surface area contributed by atoms with Gasteiger partial charge in [-0.3, -0.25) is 5.32 Å². The number of urea groups is 1. The molecule has 1 aromatic heterocycles. The van der Waals surface area contributed by atoms with Crippen LogP contribution in [0, 0.1) is 6.92 Å². The Balaban J connectivity index is 1.95. The number of rotatable bonds is 3. The first-order valence-corrected chi connectivity index (χ1v) is 5.71. The molecule has 0 aliphatic carbocycles. The van der Waals surface area contributed by atoms with E-state index in [4.69, 9.17) is 4.42 Å². The van der Waals surface area contributed by atoms with Gasteiger partial charge in [0, 0.05) is 12.6 Å². The van der Waals surface area contributed by atoms with Crippen molar-refractivity contribution in [1.82, 2.24) is 10.2 Å². The van der Waals surface area contributed by atoms with E-state index in [0.29, 0.717) is 11.6 Å². The third kappa shape index (κ3) is 3.52. The first-order chi connectivity index (χ1) is 9.04. The highest BCUT2D eigenvalue weighted by Gasteiger charge is 2.08. The highest BCUT2D eigenvalue weighted by molar-refractivity contribution is 5.98. The van der Waals surface area contributed by atoms with Crippen molar-refractivity contribution >= 4 is 17.7 Å². The van der Waals surface area contributed by atoms with Crippen LogP contribution in [0.25, 0.3) is 0 Å². The fourth-order valence-corrected chi connectivity index (χ4v) is 1.45. The van der Waals surface area contributed by atoms with Crippen molar-refractivity contribution in [1.29, 1.82) is 0 Å². The zero-order valence-corrected chi connectivity index (χ0v) is 10.5. The second-order valence-corrected chi connectivity index (χ2v) is 4.00. The van der Waals surface area contributed by atoms with Crippen LogP contribution in [0.2, 0.25) is 0 Å². The smallest absolute Gasteiger partial charge is 0.327 e. The van der Waals surface area contributed by atoms with E-state index in [1.165, 1.54) is 0 Å². The maximum Gasteiger partial charge on any atom is 0.327 e. The van der Waals surface area contributed by atoms with E-state index in [9.17, 15) is 9.90 Å². The van der Waals surface area contributed by atoms with Gasteiger partial charge in [0.2, 0.25) is 5.89 Å². The summed E-state index contributed by atoms with van der Waals surface area (Å²) in [6, 6.07) is 6.42. The summed E-state index contributed by atoms with van der Waals surface area (Å²) in [7, 11) is 0. The Kier molecular flexibility index (Phi) is 3.76. The number of anilines is 2. The van der Waals surface area contributed by atoms with Crippen molar-refractivity contribution in [2.24, 2.45) is 0 Å². The molecule has 7 heteroatoms. The standard InChI is InChI=1S/C12H14N4O3/c1-7(17)9-3-5-10(6-4-9)13-11(18)14-12-16-15-8(2)19-12/h3-7,17H,1-2H3,(H2,13,14,16,18). The molecular formula is C12H14N4O3. The lowest BCUT2D eigenvalue weighted by molar-refractivity contribution is 0.199. The number of carbonyl (C=O) groups excluding carboxylic acids is 1.